The third-order valence-corrected chi connectivity index (χ3v) is 3.44. The lowest BCUT2D eigenvalue weighted by Crippen LogP contribution is -2.19. The summed E-state index contributed by atoms with van der Waals surface area (Å²) < 4.78 is 5.57. The maximum absolute atomic E-state index is 5.57. The minimum Gasteiger partial charge on any atom is -0.464 e. The summed E-state index contributed by atoms with van der Waals surface area (Å²) >= 11 is 0. The van der Waals surface area contributed by atoms with Gasteiger partial charge in [0, 0.05) is 19.6 Å². The van der Waals surface area contributed by atoms with Gasteiger partial charge >= 0.3 is 0 Å². The lowest BCUT2D eigenvalue weighted by atomic mass is 10.3. The topological polar surface area (TPSA) is 54.2 Å². The quantitative estimate of drug-likeness (QED) is 0.874. The third kappa shape index (κ3) is 3.36. The molecule has 0 amide bonds. The fourth-order valence-electron chi connectivity index (χ4n) is 2.07. The normalized spacial score (nSPS) is 14.5. The van der Waals surface area contributed by atoms with Crippen molar-refractivity contribution in [1.29, 1.82) is 0 Å². The molecular weight excluding hydrogens is 252 g/mol. The molecule has 2 heterocycles. The molecule has 3 rings (SSSR count). The van der Waals surface area contributed by atoms with Crippen LogP contribution in [0.2, 0.25) is 0 Å². The van der Waals surface area contributed by atoms with Gasteiger partial charge in [0.2, 0.25) is 0 Å². The Morgan fingerprint density at radius 1 is 1.25 bits per heavy atom. The first-order valence-electron chi connectivity index (χ1n) is 7.03. The van der Waals surface area contributed by atoms with Crippen molar-refractivity contribution in [1.82, 2.24) is 15.5 Å². The number of furan rings is 1. The van der Waals surface area contributed by atoms with E-state index in [1.165, 1.54) is 12.8 Å². The Kier molecular flexibility index (Phi) is 3.69. The van der Waals surface area contributed by atoms with E-state index in [9.17, 15) is 0 Å². The van der Waals surface area contributed by atoms with Gasteiger partial charge in [-0.25, -0.2) is 0 Å². The lowest BCUT2D eigenvalue weighted by Gasteiger charge is -2.16. The summed E-state index contributed by atoms with van der Waals surface area (Å²) in [6, 6.07) is 8.70. The third-order valence-electron chi connectivity index (χ3n) is 3.44. The minimum absolute atomic E-state index is 0.696. The number of rotatable bonds is 6. The smallest absolute Gasteiger partial charge is 0.151 e. The first-order valence-corrected chi connectivity index (χ1v) is 7.03. The second-order valence-corrected chi connectivity index (χ2v) is 5.41. The predicted molar refractivity (Wildman–Crippen MR) is 77.4 cm³/mol. The van der Waals surface area contributed by atoms with Gasteiger partial charge in [0.1, 0.15) is 11.5 Å². The molecule has 20 heavy (non-hydrogen) atoms. The van der Waals surface area contributed by atoms with Crippen LogP contribution in [-0.2, 0) is 13.1 Å². The number of hydrogen-bond acceptors (Lipinski definition) is 5. The molecule has 1 fully saturated rings. The zero-order valence-corrected chi connectivity index (χ0v) is 12.0. The summed E-state index contributed by atoms with van der Waals surface area (Å²) in [6.45, 7) is 3.45. The van der Waals surface area contributed by atoms with Gasteiger partial charge < -0.3 is 14.6 Å². The number of nitrogens with one attached hydrogen (secondary N) is 1. The number of aryl methyl sites for hydroxylation is 1. The van der Waals surface area contributed by atoms with Gasteiger partial charge in [-0.1, -0.05) is 0 Å². The average molecular weight is 272 g/mol. The van der Waals surface area contributed by atoms with Crippen LogP contribution in [0.3, 0.4) is 0 Å². The molecule has 0 unspecified atom stereocenters. The van der Waals surface area contributed by atoms with Gasteiger partial charge in [-0.2, -0.15) is 5.10 Å². The van der Waals surface area contributed by atoms with E-state index in [2.05, 4.69) is 15.5 Å². The summed E-state index contributed by atoms with van der Waals surface area (Å²) in [5.41, 5.74) is 0.989. The van der Waals surface area contributed by atoms with Crippen LogP contribution in [0.4, 0.5) is 5.82 Å². The van der Waals surface area contributed by atoms with Gasteiger partial charge in [-0.3, -0.25) is 0 Å². The van der Waals surface area contributed by atoms with Crippen molar-refractivity contribution in [3.05, 3.63) is 41.5 Å². The highest BCUT2D eigenvalue weighted by Crippen LogP contribution is 2.19. The van der Waals surface area contributed by atoms with Crippen molar-refractivity contribution in [3.8, 4) is 0 Å². The van der Waals surface area contributed by atoms with E-state index in [1.54, 1.807) is 0 Å². The van der Waals surface area contributed by atoms with Crippen LogP contribution in [0.15, 0.2) is 28.7 Å². The van der Waals surface area contributed by atoms with E-state index < -0.39 is 0 Å². The molecule has 2 aromatic rings. The zero-order chi connectivity index (χ0) is 13.9. The first kappa shape index (κ1) is 13.1. The van der Waals surface area contributed by atoms with Gasteiger partial charge in [-0.05, 0) is 44.0 Å². The predicted octanol–water partition coefficient (Wildman–Crippen LogP) is 2.27. The molecule has 0 aliphatic heterocycles. The van der Waals surface area contributed by atoms with E-state index in [1.807, 2.05) is 43.1 Å². The Balaban J connectivity index is 1.57. The van der Waals surface area contributed by atoms with Crippen LogP contribution in [0.1, 0.15) is 30.1 Å². The van der Waals surface area contributed by atoms with Crippen LogP contribution in [-0.4, -0.2) is 23.3 Å². The maximum atomic E-state index is 5.57. The highest BCUT2D eigenvalue weighted by atomic mass is 16.3. The Morgan fingerprint density at radius 3 is 2.70 bits per heavy atom. The zero-order valence-electron chi connectivity index (χ0n) is 12.0. The molecule has 5 heteroatoms. The van der Waals surface area contributed by atoms with Crippen molar-refractivity contribution in [2.24, 2.45) is 0 Å². The van der Waals surface area contributed by atoms with Crippen molar-refractivity contribution in [2.45, 2.75) is 38.9 Å². The fraction of sp³-hybridized carbons (Fsp3) is 0.467. The summed E-state index contributed by atoms with van der Waals surface area (Å²) in [5, 5.41) is 12.0. The second-order valence-electron chi connectivity index (χ2n) is 5.41. The monoisotopic (exact) mass is 272 g/mol. The van der Waals surface area contributed by atoms with Gasteiger partial charge in [0.25, 0.3) is 0 Å². The second kappa shape index (κ2) is 5.63. The summed E-state index contributed by atoms with van der Waals surface area (Å²) in [6.07, 6.45) is 2.58. The van der Waals surface area contributed by atoms with Crippen LogP contribution in [0, 0.1) is 6.92 Å². The number of aromatic nitrogens is 2. The van der Waals surface area contributed by atoms with Crippen molar-refractivity contribution < 1.29 is 4.42 Å². The average Bonchev–Trinajstić information content (AvgIpc) is 3.20. The van der Waals surface area contributed by atoms with Gasteiger partial charge in [0.05, 0.1) is 12.2 Å². The molecule has 106 valence electrons. The van der Waals surface area contributed by atoms with E-state index in [0.717, 1.165) is 29.6 Å². The van der Waals surface area contributed by atoms with E-state index in [-0.39, 0.29) is 0 Å². The Morgan fingerprint density at radius 2 is 2.10 bits per heavy atom. The maximum Gasteiger partial charge on any atom is 0.151 e. The molecule has 1 saturated carbocycles. The molecule has 1 aliphatic rings. The molecule has 5 nitrogen and oxygen atoms in total. The highest BCUT2D eigenvalue weighted by molar-refractivity contribution is 5.36. The molecule has 0 saturated heterocycles. The SMILES string of the molecule is Cc1ccc(CN(C)c2ccc(CNC3CC3)nn2)o1. The summed E-state index contributed by atoms with van der Waals surface area (Å²) in [7, 11) is 1.99. The largest absolute Gasteiger partial charge is 0.464 e. The van der Waals surface area contributed by atoms with E-state index >= 15 is 0 Å². The van der Waals surface area contributed by atoms with E-state index in [0.29, 0.717) is 12.6 Å². The molecule has 1 N–H and O–H groups in total. The van der Waals surface area contributed by atoms with Crippen LogP contribution < -0.4 is 10.2 Å². The molecule has 0 spiro atoms. The Bertz CT molecular complexity index is 560. The molecular formula is C15H20N4O. The standard InChI is InChI=1S/C15H20N4O/c1-11-3-7-14(20-11)10-19(2)15-8-6-13(17-18-15)9-16-12-4-5-12/h3,6-8,12,16H,4-5,9-10H2,1-2H3. The molecule has 1 aliphatic carbocycles. The van der Waals surface area contributed by atoms with E-state index in [4.69, 9.17) is 4.42 Å². The van der Waals surface area contributed by atoms with Gasteiger partial charge in [-0.15, -0.1) is 5.10 Å². The number of hydrogen-bond donors (Lipinski definition) is 1. The molecule has 0 radical (unpaired) electrons. The minimum atomic E-state index is 0.696. The van der Waals surface area contributed by atoms with Gasteiger partial charge in [0.15, 0.2) is 5.82 Å². The highest BCUT2D eigenvalue weighted by Gasteiger charge is 2.20. The molecule has 0 atom stereocenters. The summed E-state index contributed by atoms with van der Waals surface area (Å²) in [4.78, 5) is 2.03. The van der Waals surface area contributed by atoms with Crippen molar-refractivity contribution in [3.63, 3.8) is 0 Å². The van der Waals surface area contributed by atoms with Crippen LogP contribution >= 0.6 is 0 Å². The molecule has 0 aromatic carbocycles. The number of anilines is 1. The van der Waals surface area contributed by atoms with Crippen molar-refractivity contribution >= 4 is 5.82 Å². The Labute approximate surface area is 119 Å². The lowest BCUT2D eigenvalue weighted by molar-refractivity contribution is 0.481. The molecule has 0 bridgehead atoms. The number of nitrogens with zero attached hydrogens (tertiary/aromatic N) is 3. The fourth-order valence-corrected chi connectivity index (χ4v) is 2.07. The summed E-state index contributed by atoms with van der Waals surface area (Å²) in [5.74, 6) is 2.72. The van der Waals surface area contributed by atoms with Crippen molar-refractivity contribution in [2.75, 3.05) is 11.9 Å². The molecule has 2 aromatic heterocycles. The first-order chi connectivity index (χ1) is 9.70. The van der Waals surface area contributed by atoms with Crippen LogP contribution in [0.25, 0.3) is 0 Å². The van der Waals surface area contributed by atoms with Crippen LogP contribution in [0.5, 0.6) is 0 Å². The Hall–Kier alpha value is -1.88.